The molecule has 0 saturated heterocycles. The lowest BCUT2D eigenvalue weighted by atomic mass is 10.2. The number of rotatable bonds is 5. The lowest BCUT2D eigenvalue weighted by molar-refractivity contribution is -0.137. The van der Waals surface area contributed by atoms with Crippen molar-refractivity contribution in [2.75, 3.05) is 6.61 Å². The van der Waals surface area contributed by atoms with Crippen molar-refractivity contribution in [3.8, 4) is 0 Å². The van der Waals surface area contributed by atoms with Gasteiger partial charge in [0.05, 0.1) is 6.61 Å². The lowest BCUT2D eigenvalue weighted by Crippen LogP contribution is -1.98. The molecule has 0 aliphatic rings. The summed E-state index contributed by atoms with van der Waals surface area (Å²) in [6.45, 7) is 2.21. The highest BCUT2D eigenvalue weighted by molar-refractivity contribution is 5.81. The summed E-state index contributed by atoms with van der Waals surface area (Å²) in [7, 11) is 0. The summed E-state index contributed by atoms with van der Waals surface area (Å²) < 4.78 is 4.76. The van der Waals surface area contributed by atoms with Crippen LogP contribution in [0.5, 0.6) is 0 Å². The molecular weight excluding hydrogens is 200 g/mol. The predicted molar refractivity (Wildman–Crippen MR) is 65.9 cm³/mol. The molecule has 0 unspecified atom stereocenters. The topological polar surface area (TPSA) is 26.3 Å². The van der Waals surface area contributed by atoms with Gasteiger partial charge in [-0.1, -0.05) is 48.6 Å². The van der Waals surface area contributed by atoms with E-state index in [4.69, 9.17) is 4.74 Å². The lowest BCUT2D eigenvalue weighted by Gasteiger charge is -1.93. The molecule has 0 fully saturated rings. The summed E-state index contributed by atoms with van der Waals surface area (Å²) >= 11 is 0. The van der Waals surface area contributed by atoms with Crippen LogP contribution in [-0.4, -0.2) is 12.6 Å². The van der Waals surface area contributed by atoms with Gasteiger partial charge in [0.15, 0.2) is 0 Å². The molecule has 0 aliphatic carbocycles. The number of hydrogen-bond acceptors (Lipinski definition) is 2. The van der Waals surface area contributed by atoms with E-state index in [1.807, 2.05) is 42.5 Å². The predicted octanol–water partition coefficient (Wildman–Crippen LogP) is 3.21. The standard InChI is InChI=1S/C14H16O2/c1-2-16-14(15)12-8-4-7-11-13-9-5-3-6-10-13/h3,5-12H,2,4H2,1H3/b11-7+,12-8-. The van der Waals surface area contributed by atoms with Crippen LogP contribution in [0.15, 0.2) is 48.6 Å². The summed E-state index contributed by atoms with van der Waals surface area (Å²) in [5.41, 5.74) is 1.16. The average molecular weight is 216 g/mol. The van der Waals surface area contributed by atoms with Crippen molar-refractivity contribution in [3.05, 3.63) is 54.1 Å². The molecule has 0 radical (unpaired) electrons. The van der Waals surface area contributed by atoms with Crippen molar-refractivity contribution in [1.82, 2.24) is 0 Å². The minimum absolute atomic E-state index is 0.282. The fourth-order valence-electron chi connectivity index (χ4n) is 1.20. The Morgan fingerprint density at radius 3 is 2.69 bits per heavy atom. The molecule has 0 amide bonds. The first kappa shape index (κ1) is 12.2. The third-order valence-corrected chi connectivity index (χ3v) is 1.92. The largest absolute Gasteiger partial charge is 0.463 e. The zero-order valence-corrected chi connectivity index (χ0v) is 9.43. The second kappa shape index (κ2) is 7.46. The molecule has 0 atom stereocenters. The first-order valence-corrected chi connectivity index (χ1v) is 5.38. The molecule has 0 spiro atoms. The molecule has 2 nitrogen and oxygen atoms in total. The summed E-state index contributed by atoms with van der Waals surface area (Å²) in [5, 5.41) is 0. The number of carbonyl (C=O) groups is 1. The van der Waals surface area contributed by atoms with Crippen molar-refractivity contribution in [2.24, 2.45) is 0 Å². The van der Waals surface area contributed by atoms with Gasteiger partial charge in [-0.25, -0.2) is 4.79 Å². The molecule has 1 aromatic rings. The van der Waals surface area contributed by atoms with Gasteiger partial charge in [0.2, 0.25) is 0 Å². The van der Waals surface area contributed by atoms with Gasteiger partial charge in [0.25, 0.3) is 0 Å². The number of benzene rings is 1. The molecule has 2 heteroatoms. The Morgan fingerprint density at radius 1 is 1.25 bits per heavy atom. The van der Waals surface area contributed by atoms with E-state index in [9.17, 15) is 4.79 Å². The zero-order valence-electron chi connectivity index (χ0n) is 9.43. The van der Waals surface area contributed by atoms with E-state index in [2.05, 4.69) is 0 Å². The van der Waals surface area contributed by atoms with Crippen LogP contribution in [0.25, 0.3) is 6.08 Å². The van der Waals surface area contributed by atoms with Gasteiger partial charge >= 0.3 is 5.97 Å². The van der Waals surface area contributed by atoms with Gasteiger partial charge in [-0.15, -0.1) is 0 Å². The Balaban J connectivity index is 2.30. The van der Waals surface area contributed by atoms with Crippen molar-refractivity contribution >= 4 is 12.0 Å². The maximum absolute atomic E-state index is 10.9. The first-order chi connectivity index (χ1) is 7.83. The van der Waals surface area contributed by atoms with E-state index >= 15 is 0 Å². The third-order valence-electron chi connectivity index (χ3n) is 1.92. The Morgan fingerprint density at radius 2 is 2.00 bits per heavy atom. The monoisotopic (exact) mass is 216 g/mol. The van der Waals surface area contributed by atoms with Crippen LogP contribution in [0.4, 0.5) is 0 Å². The molecule has 0 saturated carbocycles. The number of allylic oxidation sites excluding steroid dienone is 2. The van der Waals surface area contributed by atoms with Gasteiger partial charge in [-0.2, -0.15) is 0 Å². The van der Waals surface area contributed by atoms with Crippen LogP contribution in [0.3, 0.4) is 0 Å². The van der Waals surface area contributed by atoms with Crippen LogP contribution in [-0.2, 0) is 9.53 Å². The number of hydrogen-bond donors (Lipinski definition) is 0. The summed E-state index contributed by atoms with van der Waals surface area (Å²) in [5.74, 6) is -0.282. The minimum atomic E-state index is -0.282. The van der Waals surface area contributed by atoms with Gasteiger partial charge in [-0.3, -0.25) is 0 Å². The van der Waals surface area contributed by atoms with E-state index < -0.39 is 0 Å². The molecule has 0 heterocycles. The van der Waals surface area contributed by atoms with Crippen molar-refractivity contribution in [3.63, 3.8) is 0 Å². The molecule has 0 aliphatic heterocycles. The van der Waals surface area contributed by atoms with Gasteiger partial charge < -0.3 is 4.74 Å². The van der Waals surface area contributed by atoms with E-state index in [0.29, 0.717) is 6.61 Å². The van der Waals surface area contributed by atoms with Gasteiger partial charge in [0.1, 0.15) is 0 Å². The highest BCUT2D eigenvalue weighted by Crippen LogP contribution is 2.01. The fourth-order valence-corrected chi connectivity index (χ4v) is 1.20. The normalized spacial score (nSPS) is 11.1. The SMILES string of the molecule is CCOC(=O)/C=C\C/C=C/c1ccccc1. The maximum Gasteiger partial charge on any atom is 0.330 e. The Labute approximate surface area is 96.2 Å². The molecular formula is C14H16O2. The number of ether oxygens (including phenoxy) is 1. The summed E-state index contributed by atoms with van der Waals surface area (Å²) in [6.07, 6.45) is 8.00. The van der Waals surface area contributed by atoms with Crippen LogP contribution < -0.4 is 0 Å². The maximum atomic E-state index is 10.9. The second-order valence-electron chi connectivity index (χ2n) is 3.20. The first-order valence-electron chi connectivity index (χ1n) is 5.38. The van der Waals surface area contributed by atoms with Crippen molar-refractivity contribution in [1.29, 1.82) is 0 Å². The van der Waals surface area contributed by atoms with Gasteiger partial charge in [-0.05, 0) is 18.9 Å². The van der Waals surface area contributed by atoms with Gasteiger partial charge in [0, 0.05) is 6.08 Å². The Kier molecular flexibility index (Phi) is 5.71. The van der Waals surface area contributed by atoms with Crippen molar-refractivity contribution in [2.45, 2.75) is 13.3 Å². The molecule has 1 rings (SSSR count). The average Bonchev–Trinajstić information content (AvgIpc) is 2.30. The highest BCUT2D eigenvalue weighted by Gasteiger charge is 1.90. The minimum Gasteiger partial charge on any atom is -0.463 e. The molecule has 0 bridgehead atoms. The molecule has 16 heavy (non-hydrogen) atoms. The van der Waals surface area contributed by atoms with E-state index in [1.165, 1.54) is 6.08 Å². The number of esters is 1. The highest BCUT2D eigenvalue weighted by atomic mass is 16.5. The van der Waals surface area contributed by atoms with Crippen LogP contribution in [0.2, 0.25) is 0 Å². The molecule has 84 valence electrons. The second-order valence-corrected chi connectivity index (χ2v) is 3.20. The van der Waals surface area contributed by atoms with Crippen LogP contribution in [0, 0.1) is 0 Å². The number of carbonyl (C=O) groups excluding carboxylic acids is 1. The third kappa shape index (κ3) is 5.15. The fraction of sp³-hybridized carbons (Fsp3) is 0.214. The van der Waals surface area contributed by atoms with E-state index in [1.54, 1.807) is 13.0 Å². The van der Waals surface area contributed by atoms with Crippen LogP contribution >= 0.6 is 0 Å². The van der Waals surface area contributed by atoms with Crippen LogP contribution in [0.1, 0.15) is 18.9 Å². The molecule has 0 N–H and O–H groups in total. The zero-order chi connectivity index (χ0) is 11.6. The molecule has 0 aromatic heterocycles. The van der Waals surface area contributed by atoms with E-state index in [0.717, 1.165) is 12.0 Å². The summed E-state index contributed by atoms with van der Waals surface area (Å²) in [4.78, 5) is 10.9. The Bertz CT molecular complexity index is 364. The van der Waals surface area contributed by atoms with Crippen molar-refractivity contribution < 1.29 is 9.53 Å². The summed E-state index contributed by atoms with van der Waals surface area (Å²) in [6, 6.07) is 10.0. The van der Waals surface area contributed by atoms with E-state index in [-0.39, 0.29) is 5.97 Å². The molecule has 1 aromatic carbocycles. The Hall–Kier alpha value is -1.83. The smallest absolute Gasteiger partial charge is 0.330 e. The quantitative estimate of drug-likeness (QED) is 0.558.